The van der Waals surface area contributed by atoms with Crippen molar-refractivity contribution in [3.05, 3.63) is 53.6 Å². The van der Waals surface area contributed by atoms with Gasteiger partial charge in [-0.2, -0.15) is 0 Å². The van der Waals surface area contributed by atoms with Crippen molar-refractivity contribution in [2.75, 3.05) is 19.5 Å². The first-order valence-corrected chi connectivity index (χ1v) is 7.29. The molecular formula is C18H21NO3. The van der Waals surface area contributed by atoms with Gasteiger partial charge in [-0.15, -0.1) is 0 Å². The van der Waals surface area contributed by atoms with Crippen LogP contribution in [0.3, 0.4) is 0 Å². The van der Waals surface area contributed by atoms with Gasteiger partial charge in [-0.25, -0.2) is 0 Å². The average molecular weight is 299 g/mol. The van der Waals surface area contributed by atoms with E-state index in [9.17, 15) is 4.79 Å². The Labute approximate surface area is 131 Å². The van der Waals surface area contributed by atoms with Crippen molar-refractivity contribution in [2.24, 2.45) is 0 Å². The van der Waals surface area contributed by atoms with E-state index in [4.69, 9.17) is 9.47 Å². The molecule has 0 fully saturated rings. The van der Waals surface area contributed by atoms with Crippen LogP contribution in [0.5, 0.6) is 11.5 Å². The molecule has 0 unspecified atom stereocenters. The van der Waals surface area contributed by atoms with Crippen LogP contribution in [-0.2, 0) is 6.42 Å². The molecule has 4 heteroatoms. The van der Waals surface area contributed by atoms with E-state index in [-0.39, 0.29) is 5.91 Å². The normalized spacial score (nSPS) is 10.1. The molecule has 0 aliphatic heterocycles. The molecule has 0 saturated carbocycles. The molecule has 2 aromatic carbocycles. The van der Waals surface area contributed by atoms with Crippen molar-refractivity contribution >= 4 is 11.6 Å². The van der Waals surface area contributed by atoms with E-state index in [1.54, 1.807) is 32.4 Å². The number of hydrogen-bond acceptors (Lipinski definition) is 3. The molecule has 2 rings (SSSR count). The number of benzene rings is 2. The summed E-state index contributed by atoms with van der Waals surface area (Å²) in [5, 5.41) is 2.88. The summed E-state index contributed by atoms with van der Waals surface area (Å²) >= 11 is 0. The highest BCUT2D eigenvalue weighted by Gasteiger charge is 2.10. The van der Waals surface area contributed by atoms with Crippen molar-refractivity contribution in [1.29, 1.82) is 0 Å². The lowest BCUT2D eigenvalue weighted by Gasteiger charge is -2.09. The molecule has 116 valence electrons. The van der Waals surface area contributed by atoms with Crippen molar-refractivity contribution in [1.82, 2.24) is 0 Å². The van der Waals surface area contributed by atoms with Gasteiger partial charge in [0.15, 0.2) is 0 Å². The fourth-order valence-corrected chi connectivity index (χ4v) is 2.19. The van der Waals surface area contributed by atoms with Crippen molar-refractivity contribution < 1.29 is 14.3 Å². The number of anilines is 1. The average Bonchev–Trinajstić information content (AvgIpc) is 2.56. The predicted molar refractivity (Wildman–Crippen MR) is 87.9 cm³/mol. The second-order valence-corrected chi connectivity index (χ2v) is 5.00. The molecule has 0 bridgehead atoms. The Morgan fingerprint density at radius 3 is 2.09 bits per heavy atom. The van der Waals surface area contributed by atoms with E-state index >= 15 is 0 Å². The maximum Gasteiger partial charge on any atom is 0.255 e. The molecular weight excluding hydrogens is 278 g/mol. The molecule has 0 radical (unpaired) electrons. The minimum Gasteiger partial charge on any atom is -0.497 e. The summed E-state index contributed by atoms with van der Waals surface area (Å²) < 4.78 is 10.4. The Bertz CT molecular complexity index is 613. The Hall–Kier alpha value is -2.49. The number of methoxy groups -OCH3 is 2. The zero-order valence-corrected chi connectivity index (χ0v) is 13.2. The highest BCUT2D eigenvalue weighted by Crippen LogP contribution is 2.23. The minimum atomic E-state index is -0.194. The van der Waals surface area contributed by atoms with E-state index in [1.807, 2.05) is 24.3 Å². The van der Waals surface area contributed by atoms with Gasteiger partial charge in [-0.1, -0.05) is 25.5 Å². The third-order valence-electron chi connectivity index (χ3n) is 3.36. The zero-order valence-electron chi connectivity index (χ0n) is 13.2. The molecule has 22 heavy (non-hydrogen) atoms. The fourth-order valence-electron chi connectivity index (χ4n) is 2.19. The second kappa shape index (κ2) is 7.50. The standard InChI is InChI=1S/C18H21NO3/c1-4-5-13-6-8-15(9-7-13)19-18(20)14-10-16(21-2)12-17(11-14)22-3/h6-12H,4-5H2,1-3H3,(H,19,20). The van der Waals surface area contributed by atoms with Gasteiger partial charge in [0, 0.05) is 17.3 Å². The maximum absolute atomic E-state index is 12.3. The molecule has 0 heterocycles. The van der Waals surface area contributed by atoms with Gasteiger partial charge in [-0.05, 0) is 36.2 Å². The molecule has 1 amide bonds. The molecule has 4 nitrogen and oxygen atoms in total. The van der Waals surface area contributed by atoms with E-state index < -0.39 is 0 Å². The van der Waals surface area contributed by atoms with E-state index in [2.05, 4.69) is 12.2 Å². The maximum atomic E-state index is 12.3. The molecule has 0 atom stereocenters. The number of amides is 1. The lowest BCUT2D eigenvalue weighted by atomic mass is 10.1. The van der Waals surface area contributed by atoms with Crippen LogP contribution in [0.15, 0.2) is 42.5 Å². The van der Waals surface area contributed by atoms with Gasteiger partial charge in [0.25, 0.3) is 5.91 Å². The number of carbonyl (C=O) groups is 1. The molecule has 0 aliphatic carbocycles. The van der Waals surface area contributed by atoms with Gasteiger partial charge in [0.05, 0.1) is 14.2 Å². The Balaban J connectivity index is 2.14. The second-order valence-electron chi connectivity index (χ2n) is 5.00. The number of hydrogen-bond donors (Lipinski definition) is 1. The van der Waals surface area contributed by atoms with Crippen LogP contribution in [-0.4, -0.2) is 20.1 Å². The van der Waals surface area contributed by atoms with Gasteiger partial charge >= 0.3 is 0 Å². The van der Waals surface area contributed by atoms with Crippen LogP contribution in [0.1, 0.15) is 29.3 Å². The molecule has 0 spiro atoms. The van der Waals surface area contributed by atoms with Gasteiger partial charge < -0.3 is 14.8 Å². The van der Waals surface area contributed by atoms with Crippen LogP contribution in [0.4, 0.5) is 5.69 Å². The quantitative estimate of drug-likeness (QED) is 0.879. The van der Waals surface area contributed by atoms with E-state index in [1.165, 1.54) is 5.56 Å². The SMILES string of the molecule is CCCc1ccc(NC(=O)c2cc(OC)cc(OC)c2)cc1. The van der Waals surface area contributed by atoms with Crippen molar-refractivity contribution in [3.8, 4) is 11.5 Å². The Morgan fingerprint density at radius 1 is 1.00 bits per heavy atom. The van der Waals surface area contributed by atoms with E-state index in [0.717, 1.165) is 18.5 Å². The molecule has 0 aromatic heterocycles. The lowest BCUT2D eigenvalue weighted by molar-refractivity contribution is 0.102. The van der Waals surface area contributed by atoms with Crippen LogP contribution in [0.25, 0.3) is 0 Å². The third kappa shape index (κ3) is 4.01. The number of aryl methyl sites for hydroxylation is 1. The van der Waals surface area contributed by atoms with Crippen molar-refractivity contribution in [3.63, 3.8) is 0 Å². The van der Waals surface area contributed by atoms with Crippen LogP contribution >= 0.6 is 0 Å². The van der Waals surface area contributed by atoms with Gasteiger partial charge in [0.1, 0.15) is 11.5 Å². The smallest absolute Gasteiger partial charge is 0.255 e. The third-order valence-corrected chi connectivity index (χ3v) is 3.36. The fraction of sp³-hybridized carbons (Fsp3) is 0.278. The number of carbonyl (C=O) groups excluding carboxylic acids is 1. The topological polar surface area (TPSA) is 47.6 Å². The molecule has 0 aliphatic rings. The first-order chi connectivity index (χ1) is 10.7. The number of nitrogens with one attached hydrogen (secondary N) is 1. The number of ether oxygens (including phenoxy) is 2. The first kappa shape index (κ1) is 15.9. The summed E-state index contributed by atoms with van der Waals surface area (Å²) in [4.78, 5) is 12.3. The highest BCUT2D eigenvalue weighted by atomic mass is 16.5. The summed E-state index contributed by atoms with van der Waals surface area (Å²) in [5.74, 6) is 0.978. The highest BCUT2D eigenvalue weighted by molar-refractivity contribution is 6.04. The summed E-state index contributed by atoms with van der Waals surface area (Å²) in [7, 11) is 3.12. The summed E-state index contributed by atoms with van der Waals surface area (Å²) in [5.41, 5.74) is 2.53. The van der Waals surface area contributed by atoms with Gasteiger partial charge in [-0.3, -0.25) is 4.79 Å². The van der Waals surface area contributed by atoms with Crippen LogP contribution < -0.4 is 14.8 Å². The lowest BCUT2D eigenvalue weighted by Crippen LogP contribution is -2.12. The first-order valence-electron chi connectivity index (χ1n) is 7.29. The Morgan fingerprint density at radius 2 is 1.59 bits per heavy atom. The van der Waals surface area contributed by atoms with Crippen LogP contribution in [0.2, 0.25) is 0 Å². The van der Waals surface area contributed by atoms with Crippen LogP contribution in [0, 0.1) is 0 Å². The van der Waals surface area contributed by atoms with Crippen molar-refractivity contribution in [2.45, 2.75) is 19.8 Å². The van der Waals surface area contributed by atoms with E-state index in [0.29, 0.717) is 17.1 Å². The summed E-state index contributed by atoms with van der Waals surface area (Å²) in [6, 6.07) is 13.0. The largest absolute Gasteiger partial charge is 0.497 e. The zero-order chi connectivity index (χ0) is 15.9. The summed E-state index contributed by atoms with van der Waals surface area (Å²) in [6.07, 6.45) is 2.15. The molecule has 1 N–H and O–H groups in total. The minimum absolute atomic E-state index is 0.194. The number of rotatable bonds is 6. The monoisotopic (exact) mass is 299 g/mol. The van der Waals surface area contributed by atoms with Gasteiger partial charge in [0.2, 0.25) is 0 Å². The summed E-state index contributed by atoms with van der Waals surface area (Å²) in [6.45, 7) is 2.14. The molecule has 2 aromatic rings. The predicted octanol–water partition coefficient (Wildman–Crippen LogP) is 3.91. The molecule has 0 saturated heterocycles. The Kier molecular flexibility index (Phi) is 5.42.